The molecule has 0 aliphatic heterocycles. The molecule has 0 amide bonds. The first-order valence-electron chi connectivity index (χ1n) is 5.64. The molecule has 1 atom stereocenters. The Balaban J connectivity index is 1.93. The second-order valence-electron chi connectivity index (χ2n) is 3.87. The number of hydrogen-bond donors (Lipinski definition) is 2. The summed E-state index contributed by atoms with van der Waals surface area (Å²) in [7, 11) is 0. The molecule has 2 N–H and O–H groups in total. The molecule has 0 aliphatic rings. The number of halogens is 1. The highest BCUT2D eigenvalue weighted by molar-refractivity contribution is 7.98. The van der Waals surface area contributed by atoms with Gasteiger partial charge in [-0.25, -0.2) is 4.39 Å². The van der Waals surface area contributed by atoms with Gasteiger partial charge in [-0.3, -0.25) is 0 Å². The van der Waals surface area contributed by atoms with E-state index in [0.717, 1.165) is 0 Å². The third-order valence-electron chi connectivity index (χ3n) is 2.31. The van der Waals surface area contributed by atoms with Crippen molar-refractivity contribution in [3.8, 4) is 11.5 Å². The number of hydrogen-bond acceptors (Lipinski definition) is 6. The van der Waals surface area contributed by atoms with Crippen LogP contribution in [-0.2, 0) is 5.75 Å². The summed E-state index contributed by atoms with van der Waals surface area (Å²) in [6.45, 7) is -0.264. The zero-order valence-electron chi connectivity index (χ0n) is 9.99. The van der Waals surface area contributed by atoms with Gasteiger partial charge in [-0.2, -0.15) is 16.7 Å². The van der Waals surface area contributed by atoms with Crippen molar-refractivity contribution in [3.05, 3.63) is 35.9 Å². The molecular formula is C12H13FN2O3S. The van der Waals surface area contributed by atoms with Crippen molar-refractivity contribution in [3.63, 3.8) is 0 Å². The molecule has 19 heavy (non-hydrogen) atoms. The summed E-state index contributed by atoms with van der Waals surface area (Å²) in [5.41, 5.74) is 0.653. The van der Waals surface area contributed by atoms with E-state index in [1.807, 2.05) is 0 Å². The van der Waals surface area contributed by atoms with E-state index < -0.39 is 6.10 Å². The van der Waals surface area contributed by atoms with Crippen LogP contribution in [-0.4, -0.2) is 38.8 Å². The lowest BCUT2D eigenvalue weighted by atomic mass is 10.2. The Kier molecular flexibility index (Phi) is 4.89. The van der Waals surface area contributed by atoms with Crippen molar-refractivity contribution >= 4 is 11.8 Å². The Labute approximate surface area is 113 Å². The molecule has 102 valence electrons. The highest BCUT2D eigenvalue weighted by atomic mass is 32.2. The van der Waals surface area contributed by atoms with Gasteiger partial charge in [0.05, 0.1) is 18.5 Å². The monoisotopic (exact) mass is 284 g/mol. The molecule has 0 fully saturated rings. The van der Waals surface area contributed by atoms with Crippen LogP contribution in [0.4, 0.5) is 4.39 Å². The van der Waals surface area contributed by atoms with E-state index in [0.29, 0.717) is 28.8 Å². The zero-order chi connectivity index (χ0) is 13.7. The van der Waals surface area contributed by atoms with Crippen LogP contribution >= 0.6 is 11.8 Å². The van der Waals surface area contributed by atoms with E-state index in [-0.39, 0.29) is 12.4 Å². The molecule has 1 aromatic heterocycles. The van der Waals surface area contributed by atoms with Gasteiger partial charge < -0.3 is 14.7 Å². The SMILES string of the molecule is OCC(O)CSCc1noc(-c2ccc(F)cc2)n1. The minimum Gasteiger partial charge on any atom is -0.394 e. The summed E-state index contributed by atoms with van der Waals surface area (Å²) < 4.78 is 17.8. The van der Waals surface area contributed by atoms with Gasteiger partial charge in [-0.1, -0.05) is 5.16 Å². The summed E-state index contributed by atoms with van der Waals surface area (Å²) in [4.78, 5) is 4.17. The van der Waals surface area contributed by atoms with Crippen LogP contribution in [0.3, 0.4) is 0 Å². The van der Waals surface area contributed by atoms with Gasteiger partial charge in [0.2, 0.25) is 0 Å². The van der Waals surface area contributed by atoms with Gasteiger partial charge in [0.1, 0.15) is 5.82 Å². The third-order valence-corrected chi connectivity index (χ3v) is 3.39. The molecule has 0 aliphatic carbocycles. The fourth-order valence-corrected chi connectivity index (χ4v) is 2.16. The highest BCUT2D eigenvalue weighted by Gasteiger charge is 2.10. The lowest BCUT2D eigenvalue weighted by Gasteiger charge is -2.03. The summed E-state index contributed by atoms with van der Waals surface area (Å²) in [6, 6.07) is 5.78. The average Bonchev–Trinajstić information content (AvgIpc) is 2.88. The first-order valence-corrected chi connectivity index (χ1v) is 6.79. The molecular weight excluding hydrogens is 271 g/mol. The Morgan fingerprint density at radius 2 is 2.05 bits per heavy atom. The highest BCUT2D eigenvalue weighted by Crippen LogP contribution is 2.19. The molecule has 0 bridgehead atoms. The van der Waals surface area contributed by atoms with Crippen molar-refractivity contribution < 1.29 is 19.1 Å². The van der Waals surface area contributed by atoms with E-state index in [1.54, 1.807) is 12.1 Å². The fourth-order valence-electron chi connectivity index (χ4n) is 1.36. The number of rotatable bonds is 6. The number of aliphatic hydroxyl groups excluding tert-OH is 2. The van der Waals surface area contributed by atoms with Gasteiger partial charge in [0.25, 0.3) is 5.89 Å². The molecule has 0 radical (unpaired) electrons. The van der Waals surface area contributed by atoms with Crippen molar-refractivity contribution in [2.75, 3.05) is 12.4 Å². The first kappa shape index (κ1) is 14.0. The molecule has 5 nitrogen and oxygen atoms in total. The maximum Gasteiger partial charge on any atom is 0.257 e. The predicted molar refractivity (Wildman–Crippen MR) is 68.9 cm³/mol. The number of nitrogens with zero attached hydrogens (tertiary/aromatic N) is 2. The van der Waals surface area contributed by atoms with Crippen LogP contribution in [0.1, 0.15) is 5.82 Å². The Morgan fingerprint density at radius 1 is 1.32 bits per heavy atom. The summed E-state index contributed by atoms with van der Waals surface area (Å²) >= 11 is 1.40. The molecule has 2 aromatic rings. The van der Waals surface area contributed by atoms with Gasteiger partial charge in [-0.05, 0) is 24.3 Å². The van der Waals surface area contributed by atoms with Crippen molar-refractivity contribution in [2.45, 2.75) is 11.9 Å². The maximum absolute atomic E-state index is 12.8. The molecule has 1 aromatic carbocycles. The minimum atomic E-state index is -0.742. The lowest BCUT2D eigenvalue weighted by molar-refractivity contribution is 0.113. The number of thioether (sulfide) groups is 1. The van der Waals surface area contributed by atoms with Crippen LogP contribution in [0.25, 0.3) is 11.5 Å². The van der Waals surface area contributed by atoms with E-state index in [1.165, 1.54) is 23.9 Å². The lowest BCUT2D eigenvalue weighted by Crippen LogP contribution is -2.14. The number of aromatic nitrogens is 2. The van der Waals surface area contributed by atoms with Crippen LogP contribution < -0.4 is 0 Å². The topological polar surface area (TPSA) is 79.4 Å². The van der Waals surface area contributed by atoms with Crippen LogP contribution in [0.2, 0.25) is 0 Å². The molecule has 0 spiro atoms. The second kappa shape index (κ2) is 6.65. The van der Waals surface area contributed by atoms with Crippen LogP contribution in [0.15, 0.2) is 28.8 Å². The predicted octanol–water partition coefficient (Wildman–Crippen LogP) is 1.46. The summed E-state index contributed by atoms with van der Waals surface area (Å²) in [6.07, 6.45) is -0.742. The first-order chi connectivity index (χ1) is 9.19. The third kappa shape index (κ3) is 4.02. The number of benzene rings is 1. The van der Waals surface area contributed by atoms with Crippen molar-refractivity contribution in [1.82, 2.24) is 10.1 Å². The second-order valence-corrected chi connectivity index (χ2v) is 4.90. The van der Waals surface area contributed by atoms with E-state index >= 15 is 0 Å². The Hall–Kier alpha value is -1.44. The smallest absolute Gasteiger partial charge is 0.257 e. The molecule has 0 saturated heterocycles. The van der Waals surface area contributed by atoms with Crippen molar-refractivity contribution in [1.29, 1.82) is 0 Å². The largest absolute Gasteiger partial charge is 0.394 e. The maximum atomic E-state index is 12.8. The van der Waals surface area contributed by atoms with E-state index in [2.05, 4.69) is 10.1 Å². The van der Waals surface area contributed by atoms with Crippen LogP contribution in [0, 0.1) is 5.82 Å². The molecule has 1 heterocycles. The normalized spacial score (nSPS) is 12.6. The summed E-state index contributed by atoms with van der Waals surface area (Å²) in [5.74, 6) is 1.38. The Morgan fingerprint density at radius 3 is 2.74 bits per heavy atom. The summed E-state index contributed by atoms with van der Waals surface area (Å²) in [5, 5.41) is 21.6. The van der Waals surface area contributed by atoms with Crippen molar-refractivity contribution in [2.24, 2.45) is 0 Å². The number of aliphatic hydroxyl groups is 2. The standard InChI is InChI=1S/C12H13FN2O3S/c13-9-3-1-8(2-4-9)12-14-11(15-18-12)7-19-6-10(17)5-16/h1-4,10,16-17H,5-7H2. The molecule has 1 unspecified atom stereocenters. The quantitative estimate of drug-likeness (QED) is 0.836. The minimum absolute atomic E-state index is 0.264. The molecule has 2 rings (SSSR count). The van der Waals surface area contributed by atoms with E-state index in [4.69, 9.17) is 9.63 Å². The van der Waals surface area contributed by atoms with Crippen LogP contribution in [0.5, 0.6) is 0 Å². The molecule has 7 heteroatoms. The Bertz CT molecular complexity index is 518. The van der Waals surface area contributed by atoms with Gasteiger partial charge in [0.15, 0.2) is 5.82 Å². The van der Waals surface area contributed by atoms with Gasteiger partial charge in [0, 0.05) is 11.3 Å². The van der Waals surface area contributed by atoms with Gasteiger partial charge in [-0.15, -0.1) is 0 Å². The average molecular weight is 284 g/mol. The van der Waals surface area contributed by atoms with Gasteiger partial charge >= 0.3 is 0 Å². The fraction of sp³-hybridized carbons (Fsp3) is 0.333. The molecule has 0 saturated carbocycles. The van der Waals surface area contributed by atoms with E-state index in [9.17, 15) is 9.50 Å². The zero-order valence-corrected chi connectivity index (χ0v) is 10.8.